The molecule has 162 valence electrons. The van der Waals surface area contributed by atoms with Crippen LogP contribution in [0.3, 0.4) is 0 Å². The largest absolute Gasteiger partial charge is 0.229 e. The zero-order valence-corrected chi connectivity index (χ0v) is 23.2. The lowest BCUT2D eigenvalue weighted by Crippen LogP contribution is -1.99. The predicted molar refractivity (Wildman–Crippen MR) is 139 cm³/mol. The van der Waals surface area contributed by atoms with Crippen LogP contribution in [-0.2, 0) is 0 Å². The van der Waals surface area contributed by atoms with Crippen LogP contribution in [-0.4, -0.2) is 4.98 Å². The van der Waals surface area contributed by atoms with Crippen molar-refractivity contribution in [3.63, 3.8) is 0 Å². The average Bonchev–Trinajstić information content (AvgIpc) is 2.78. The highest BCUT2D eigenvalue weighted by molar-refractivity contribution is 9.11. The van der Waals surface area contributed by atoms with Crippen molar-refractivity contribution in [1.29, 1.82) is 0 Å². The van der Waals surface area contributed by atoms with Gasteiger partial charge in [-0.1, -0.05) is 71.7 Å². The molecule has 0 saturated carbocycles. The normalized spacial score (nSPS) is 11.0. The number of pyridine rings is 1. The molecule has 0 aliphatic rings. The summed E-state index contributed by atoms with van der Waals surface area (Å²) in [5, 5.41) is -0.0135. The Balaban J connectivity index is 1.83. The fraction of sp³-hybridized carbons (Fsp3) is 0. The topological polar surface area (TPSA) is 12.9 Å². The van der Waals surface area contributed by atoms with Crippen LogP contribution in [0.4, 0.5) is 8.78 Å². The summed E-state index contributed by atoms with van der Waals surface area (Å²) in [6, 6.07) is 22.3. The maximum atomic E-state index is 15.8. The van der Waals surface area contributed by atoms with E-state index in [0.29, 0.717) is 0 Å². The quantitative estimate of drug-likeness (QED) is 0.189. The van der Waals surface area contributed by atoms with E-state index in [0.717, 1.165) is 51.6 Å². The van der Waals surface area contributed by atoms with Crippen molar-refractivity contribution >= 4 is 83.1 Å². The van der Waals surface area contributed by atoms with E-state index in [-0.39, 0.29) is 14.8 Å². The summed E-state index contributed by atoms with van der Waals surface area (Å²) in [4.78, 5) is 6.64. The maximum Gasteiger partial charge on any atom is 0.229 e. The lowest BCUT2D eigenvalue weighted by Gasteiger charge is -2.15. The van der Waals surface area contributed by atoms with E-state index in [1.54, 1.807) is 0 Å². The number of hydrogen-bond donors (Lipinski definition) is 0. The van der Waals surface area contributed by atoms with Gasteiger partial charge in [0, 0.05) is 28.1 Å². The molecule has 3 aromatic carbocycles. The number of rotatable bonds is 6. The van der Waals surface area contributed by atoms with E-state index in [4.69, 9.17) is 0 Å². The first-order valence-electron chi connectivity index (χ1n) is 9.10. The standard InChI is InChI=1S/C23H12Br3F2NS3/c24-13-7-1-4-10-16(13)30-20-19(27)23(32-18-12-6-3-9-15(18)26)29-22(28)21(20)31-17-11-5-2-8-14(17)25/h1-12H. The molecule has 0 bridgehead atoms. The Labute approximate surface area is 222 Å². The fourth-order valence-corrected chi connectivity index (χ4v) is 7.11. The van der Waals surface area contributed by atoms with Crippen molar-refractivity contribution in [3.8, 4) is 0 Å². The summed E-state index contributed by atoms with van der Waals surface area (Å²) in [6.45, 7) is 0. The molecule has 4 rings (SSSR count). The van der Waals surface area contributed by atoms with Crippen LogP contribution in [0.5, 0.6) is 0 Å². The van der Waals surface area contributed by atoms with Gasteiger partial charge in [0.1, 0.15) is 5.03 Å². The molecule has 1 aromatic heterocycles. The molecule has 1 heterocycles. The van der Waals surface area contributed by atoms with Gasteiger partial charge in [-0.25, -0.2) is 9.37 Å². The van der Waals surface area contributed by atoms with Crippen molar-refractivity contribution in [2.24, 2.45) is 0 Å². The number of hydrogen-bond acceptors (Lipinski definition) is 4. The number of halogens is 5. The monoisotopic (exact) mass is 673 g/mol. The molecule has 0 radical (unpaired) electrons. The van der Waals surface area contributed by atoms with Crippen LogP contribution >= 0.6 is 83.1 Å². The third-order valence-corrected chi connectivity index (χ3v) is 10.5. The Hall–Kier alpha value is -0.840. The SMILES string of the molecule is Fc1nc(Sc2ccccc2Br)c(F)c(Sc2ccccc2Br)c1Sc1ccccc1Br. The van der Waals surface area contributed by atoms with Gasteiger partial charge >= 0.3 is 0 Å². The fourth-order valence-electron chi connectivity index (χ4n) is 2.63. The van der Waals surface area contributed by atoms with Crippen molar-refractivity contribution in [3.05, 3.63) is 98.0 Å². The molecular formula is C23H12Br3F2NS3. The van der Waals surface area contributed by atoms with E-state index >= 15 is 8.78 Å². The number of nitrogens with zero attached hydrogens (tertiary/aromatic N) is 1. The minimum Gasteiger partial charge on any atom is -0.209 e. The van der Waals surface area contributed by atoms with Crippen LogP contribution in [0.25, 0.3) is 0 Å². The second-order valence-electron chi connectivity index (χ2n) is 6.28. The lowest BCUT2D eigenvalue weighted by molar-refractivity contribution is 0.482. The summed E-state index contributed by atoms with van der Waals surface area (Å²) in [6.07, 6.45) is 0. The molecule has 0 N–H and O–H groups in total. The van der Waals surface area contributed by atoms with E-state index < -0.39 is 11.8 Å². The molecule has 0 atom stereocenters. The average molecular weight is 676 g/mol. The first-order chi connectivity index (χ1) is 15.4. The molecule has 0 aliphatic heterocycles. The van der Waals surface area contributed by atoms with Gasteiger partial charge in [0.15, 0.2) is 5.82 Å². The zero-order chi connectivity index (χ0) is 22.7. The van der Waals surface area contributed by atoms with Crippen LogP contribution in [0, 0.1) is 11.8 Å². The van der Waals surface area contributed by atoms with Gasteiger partial charge in [0.2, 0.25) is 5.95 Å². The van der Waals surface area contributed by atoms with Crippen molar-refractivity contribution in [2.75, 3.05) is 0 Å². The summed E-state index contributed by atoms with van der Waals surface area (Å²) in [7, 11) is 0. The minimum atomic E-state index is -0.712. The second-order valence-corrected chi connectivity index (χ2v) is 12.0. The molecule has 1 nitrogen and oxygen atoms in total. The van der Waals surface area contributed by atoms with Crippen molar-refractivity contribution in [2.45, 2.75) is 29.5 Å². The summed E-state index contributed by atoms with van der Waals surface area (Å²) in [5.74, 6) is -1.27. The Bertz CT molecular complexity index is 1290. The number of benzene rings is 3. The van der Waals surface area contributed by atoms with Gasteiger partial charge in [-0.3, -0.25) is 0 Å². The van der Waals surface area contributed by atoms with Crippen molar-refractivity contribution in [1.82, 2.24) is 4.98 Å². The van der Waals surface area contributed by atoms with Crippen LogP contribution in [0.15, 0.2) is 116 Å². The van der Waals surface area contributed by atoms with Gasteiger partial charge in [-0.15, -0.1) is 0 Å². The highest BCUT2D eigenvalue weighted by Crippen LogP contribution is 2.47. The molecular weight excluding hydrogens is 664 g/mol. The van der Waals surface area contributed by atoms with Crippen molar-refractivity contribution < 1.29 is 8.78 Å². The van der Waals surface area contributed by atoms with Crippen LogP contribution in [0.2, 0.25) is 0 Å². The molecule has 0 spiro atoms. The first-order valence-corrected chi connectivity index (χ1v) is 13.9. The third kappa shape index (κ3) is 5.62. The van der Waals surface area contributed by atoms with Crippen LogP contribution in [0.1, 0.15) is 0 Å². The van der Waals surface area contributed by atoms with E-state index in [1.165, 1.54) is 11.8 Å². The highest BCUT2D eigenvalue weighted by atomic mass is 79.9. The Morgan fingerprint density at radius 1 is 0.562 bits per heavy atom. The molecule has 4 aromatic rings. The van der Waals surface area contributed by atoms with E-state index in [9.17, 15) is 0 Å². The Morgan fingerprint density at radius 3 is 1.44 bits per heavy atom. The summed E-state index contributed by atoms with van der Waals surface area (Å²) >= 11 is 13.9. The molecule has 0 unspecified atom stereocenters. The summed E-state index contributed by atoms with van der Waals surface area (Å²) in [5.41, 5.74) is 0. The molecule has 0 fully saturated rings. The maximum absolute atomic E-state index is 15.8. The molecule has 0 saturated heterocycles. The molecule has 0 aliphatic carbocycles. The van der Waals surface area contributed by atoms with E-state index in [1.807, 2.05) is 72.8 Å². The van der Waals surface area contributed by atoms with E-state index in [2.05, 4.69) is 52.8 Å². The van der Waals surface area contributed by atoms with Gasteiger partial charge in [0.05, 0.1) is 9.79 Å². The van der Waals surface area contributed by atoms with Crippen LogP contribution < -0.4 is 0 Å². The van der Waals surface area contributed by atoms with Gasteiger partial charge < -0.3 is 0 Å². The predicted octanol–water partition coefficient (Wildman–Crippen LogP) is 10.1. The minimum absolute atomic E-state index is 0.0135. The first kappa shape index (κ1) is 24.3. The third-order valence-electron chi connectivity index (χ3n) is 4.12. The smallest absolute Gasteiger partial charge is 0.209 e. The zero-order valence-electron chi connectivity index (χ0n) is 16.0. The summed E-state index contributed by atoms with van der Waals surface area (Å²) < 4.78 is 33.6. The Morgan fingerprint density at radius 2 is 0.969 bits per heavy atom. The van der Waals surface area contributed by atoms with Gasteiger partial charge in [-0.05, 0) is 84.2 Å². The molecule has 32 heavy (non-hydrogen) atoms. The highest BCUT2D eigenvalue weighted by Gasteiger charge is 2.24. The molecule has 9 heteroatoms. The second kappa shape index (κ2) is 11.1. The van der Waals surface area contributed by atoms with Gasteiger partial charge in [0.25, 0.3) is 0 Å². The lowest BCUT2D eigenvalue weighted by atomic mass is 10.4. The van der Waals surface area contributed by atoms with Gasteiger partial charge in [-0.2, -0.15) is 4.39 Å². The number of aromatic nitrogens is 1. The molecule has 0 amide bonds. The Kier molecular flexibility index (Phi) is 8.39.